The van der Waals surface area contributed by atoms with Crippen LogP contribution in [0.3, 0.4) is 0 Å². The molecule has 0 bridgehead atoms. The summed E-state index contributed by atoms with van der Waals surface area (Å²) in [7, 11) is 1.76. The average molecular weight is 583 g/mol. The van der Waals surface area contributed by atoms with Gasteiger partial charge in [-0.15, -0.1) is 0 Å². The van der Waals surface area contributed by atoms with Crippen molar-refractivity contribution < 1.29 is 19.1 Å². The Labute approximate surface area is 251 Å². The highest BCUT2D eigenvalue weighted by Gasteiger charge is 2.30. The highest BCUT2D eigenvalue weighted by atomic mass is 16.5. The number of aromatic nitrogens is 2. The molecule has 0 saturated heterocycles. The van der Waals surface area contributed by atoms with E-state index < -0.39 is 29.4 Å². The van der Waals surface area contributed by atoms with Crippen LogP contribution in [0.4, 0.5) is 5.82 Å². The number of rotatable bonds is 13. The summed E-state index contributed by atoms with van der Waals surface area (Å²) in [6.07, 6.45) is 3.10. The number of hydrogen-bond acceptors (Lipinski definition) is 6. The molecule has 10 nitrogen and oxygen atoms in total. The third kappa shape index (κ3) is 8.84. The molecule has 4 aromatic rings. The summed E-state index contributed by atoms with van der Waals surface area (Å²) in [6.45, 7) is 3.72. The first-order chi connectivity index (χ1) is 20.6. The quantitative estimate of drug-likeness (QED) is 0.221. The Morgan fingerprint density at radius 3 is 2.12 bits per heavy atom. The number of carbonyl (C=O) groups excluding carboxylic acids is 3. The van der Waals surface area contributed by atoms with Gasteiger partial charge < -0.3 is 30.6 Å². The van der Waals surface area contributed by atoms with E-state index >= 15 is 0 Å². The van der Waals surface area contributed by atoms with Crippen LogP contribution in [0.5, 0.6) is 0 Å². The molecular weight excluding hydrogens is 544 g/mol. The van der Waals surface area contributed by atoms with E-state index in [1.54, 1.807) is 36.6 Å². The smallest absolute Gasteiger partial charge is 0.250 e. The number of imidazole rings is 1. The number of ether oxygens (including phenoxy) is 1. The van der Waals surface area contributed by atoms with Gasteiger partial charge in [0.25, 0.3) is 5.91 Å². The first-order valence-corrected chi connectivity index (χ1v) is 14.0. The average Bonchev–Trinajstić information content (AvgIpc) is 3.45. The molecule has 0 aliphatic rings. The number of benzene rings is 3. The Bertz CT molecular complexity index is 1490. The molecule has 1 unspecified atom stereocenters. The summed E-state index contributed by atoms with van der Waals surface area (Å²) in [5, 5.41) is 5.43. The van der Waals surface area contributed by atoms with E-state index in [1.165, 1.54) is 6.33 Å². The Kier molecular flexibility index (Phi) is 10.4. The number of anilines is 1. The topological polar surface area (TPSA) is 132 Å². The predicted molar refractivity (Wildman–Crippen MR) is 165 cm³/mol. The first kappa shape index (κ1) is 31.1. The van der Waals surface area contributed by atoms with Gasteiger partial charge in [0.1, 0.15) is 12.1 Å². The van der Waals surface area contributed by atoms with Crippen molar-refractivity contribution in [1.29, 1.82) is 0 Å². The van der Waals surface area contributed by atoms with Crippen LogP contribution in [-0.4, -0.2) is 57.4 Å². The van der Waals surface area contributed by atoms with Crippen LogP contribution < -0.4 is 16.4 Å². The maximum absolute atomic E-state index is 13.8. The van der Waals surface area contributed by atoms with Gasteiger partial charge in [-0.05, 0) is 30.5 Å². The van der Waals surface area contributed by atoms with Crippen molar-refractivity contribution in [1.82, 2.24) is 19.8 Å². The van der Waals surface area contributed by atoms with Crippen molar-refractivity contribution in [2.45, 2.75) is 44.6 Å². The van der Waals surface area contributed by atoms with Gasteiger partial charge in [-0.2, -0.15) is 0 Å². The Morgan fingerprint density at radius 2 is 1.51 bits per heavy atom. The molecule has 0 fully saturated rings. The number of hydrogen-bond donors (Lipinski definition) is 3. The molecule has 43 heavy (non-hydrogen) atoms. The summed E-state index contributed by atoms with van der Waals surface area (Å²) in [5.74, 6) is -0.953. The van der Waals surface area contributed by atoms with E-state index in [0.29, 0.717) is 6.54 Å². The van der Waals surface area contributed by atoms with Crippen LogP contribution in [0.1, 0.15) is 36.6 Å². The molecule has 0 saturated carbocycles. The lowest BCUT2D eigenvalue weighted by Gasteiger charge is -2.25. The maximum Gasteiger partial charge on any atom is 0.250 e. The van der Waals surface area contributed by atoms with Crippen molar-refractivity contribution in [3.05, 3.63) is 120 Å². The molecule has 0 radical (unpaired) electrons. The third-order valence-electron chi connectivity index (χ3n) is 6.74. The van der Waals surface area contributed by atoms with Crippen LogP contribution in [-0.2, 0) is 32.3 Å². The largest absolute Gasteiger partial charge is 0.374 e. The number of amides is 3. The lowest BCUT2D eigenvalue weighted by molar-refractivity contribution is -0.132. The summed E-state index contributed by atoms with van der Waals surface area (Å²) < 4.78 is 7.43. The Balaban J connectivity index is 1.50. The number of nitrogens with one attached hydrogen (secondary N) is 2. The fourth-order valence-corrected chi connectivity index (χ4v) is 4.37. The second kappa shape index (κ2) is 14.4. The molecule has 0 aliphatic heterocycles. The van der Waals surface area contributed by atoms with Gasteiger partial charge in [-0.1, -0.05) is 91.0 Å². The van der Waals surface area contributed by atoms with Crippen molar-refractivity contribution in [3.63, 3.8) is 0 Å². The minimum absolute atomic E-state index is 0.0847. The zero-order valence-corrected chi connectivity index (χ0v) is 24.6. The predicted octanol–water partition coefficient (Wildman–Crippen LogP) is 3.51. The normalized spacial score (nSPS) is 12.7. The van der Waals surface area contributed by atoms with Gasteiger partial charge in [0.05, 0.1) is 25.1 Å². The van der Waals surface area contributed by atoms with Gasteiger partial charge in [-0.25, -0.2) is 4.98 Å². The standard InChI is InChI=1S/C33H38N6O4/c1-33(2,34)32(42)36-27(22-43-21-25-15-9-5-10-16-25)30(40)37-28-20-39(23-35-28)29(26-17-11-6-12-18-26)31(41)38(3)19-24-13-7-4-8-14-24/h4-18,20,23,27,29H,19,21-22,34H2,1-3H3,(H,36,42)(H,37,40)/t27-,29?/m1/s1. The molecule has 3 aromatic carbocycles. The van der Waals surface area contributed by atoms with E-state index in [4.69, 9.17) is 10.5 Å². The van der Waals surface area contributed by atoms with E-state index in [9.17, 15) is 14.4 Å². The van der Waals surface area contributed by atoms with Crippen molar-refractivity contribution in [3.8, 4) is 0 Å². The molecule has 1 aromatic heterocycles. The molecule has 10 heteroatoms. The first-order valence-electron chi connectivity index (χ1n) is 14.0. The second-order valence-corrected chi connectivity index (χ2v) is 10.9. The van der Waals surface area contributed by atoms with Gasteiger partial charge in [0.2, 0.25) is 11.8 Å². The van der Waals surface area contributed by atoms with Crippen molar-refractivity contribution in [2.24, 2.45) is 5.73 Å². The van der Waals surface area contributed by atoms with Gasteiger partial charge in [0.15, 0.2) is 5.82 Å². The summed E-state index contributed by atoms with van der Waals surface area (Å²) in [5.41, 5.74) is 7.46. The van der Waals surface area contributed by atoms with Crippen LogP contribution in [0, 0.1) is 0 Å². The molecule has 4 rings (SSSR count). The second-order valence-electron chi connectivity index (χ2n) is 10.9. The molecular formula is C33H38N6O4. The molecule has 2 atom stereocenters. The maximum atomic E-state index is 13.8. The van der Waals surface area contributed by atoms with Crippen LogP contribution in [0.2, 0.25) is 0 Å². The van der Waals surface area contributed by atoms with Gasteiger partial charge in [0, 0.05) is 19.8 Å². The third-order valence-corrected chi connectivity index (χ3v) is 6.74. The van der Waals surface area contributed by atoms with Crippen LogP contribution >= 0.6 is 0 Å². The Hall–Kier alpha value is -4.80. The molecule has 4 N–H and O–H groups in total. The zero-order chi connectivity index (χ0) is 30.8. The number of nitrogens with two attached hydrogens (primary N) is 1. The molecule has 1 heterocycles. The van der Waals surface area contributed by atoms with Crippen LogP contribution in [0.25, 0.3) is 0 Å². The number of likely N-dealkylation sites (N-methyl/N-ethyl adjacent to an activating group) is 1. The molecule has 0 aliphatic carbocycles. The number of carbonyl (C=O) groups is 3. The molecule has 224 valence electrons. The van der Waals surface area contributed by atoms with Crippen molar-refractivity contribution >= 4 is 23.5 Å². The lowest BCUT2D eigenvalue weighted by Crippen LogP contribution is -2.56. The van der Waals surface area contributed by atoms with Crippen LogP contribution in [0.15, 0.2) is 104 Å². The highest BCUT2D eigenvalue weighted by molar-refractivity contribution is 5.98. The zero-order valence-electron chi connectivity index (χ0n) is 24.6. The van der Waals surface area contributed by atoms with E-state index in [-0.39, 0.29) is 24.9 Å². The fraction of sp³-hybridized carbons (Fsp3) is 0.273. The van der Waals surface area contributed by atoms with E-state index in [0.717, 1.165) is 16.7 Å². The van der Waals surface area contributed by atoms with E-state index in [1.807, 2.05) is 91.0 Å². The van der Waals surface area contributed by atoms with Gasteiger partial charge in [-0.3, -0.25) is 14.4 Å². The molecule has 3 amide bonds. The highest BCUT2D eigenvalue weighted by Crippen LogP contribution is 2.23. The van der Waals surface area contributed by atoms with E-state index in [2.05, 4.69) is 15.6 Å². The number of nitrogens with zero attached hydrogens (tertiary/aromatic N) is 3. The summed E-state index contributed by atoms with van der Waals surface area (Å²) >= 11 is 0. The minimum Gasteiger partial charge on any atom is -0.374 e. The summed E-state index contributed by atoms with van der Waals surface area (Å²) in [4.78, 5) is 45.8. The monoisotopic (exact) mass is 582 g/mol. The van der Waals surface area contributed by atoms with Gasteiger partial charge >= 0.3 is 0 Å². The lowest BCUT2D eigenvalue weighted by atomic mass is 10.1. The SMILES string of the molecule is CN(Cc1ccccc1)C(=O)C(c1ccccc1)n1cnc(NC(=O)[C@@H](COCc2ccccc2)NC(=O)C(C)(C)N)c1. The Morgan fingerprint density at radius 1 is 0.930 bits per heavy atom. The minimum atomic E-state index is -1.20. The molecule has 0 spiro atoms. The summed E-state index contributed by atoms with van der Waals surface area (Å²) in [6, 6.07) is 26.9. The fourth-order valence-electron chi connectivity index (χ4n) is 4.37. The van der Waals surface area contributed by atoms with Crippen molar-refractivity contribution in [2.75, 3.05) is 19.0 Å².